The summed E-state index contributed by atoms with van der Waals surface area (Å²) in [5.74, 6) is 3.50. The average molecular weight is 1040 g/mol. The van der Waals surface area contributed by atoms with Crippen molar-refractivity contribution in [3.8, 4) is 34.6 Å². The Bertz CT molecular complexity index is 2540. The molecule has 8 bridgehead atoms. The van der Waals surface area contributed by atoms with E-state index in [1.54, 1.807) is 0 Å². The Kier molecular flexibility index (Phi) is 20.6. The van der Waals surface area contributed by atoms with Crippen molar-refractivity contribution >= 4 is 69.0 Å². The summed E-state index contributed by atoms with van der Waals surface area (Å²) < 4.78 is 1.21. The van der Waals surface area contributed by atoms with Crippen molar-refractivity contribution in [1.29, 1.82) is 0 Å². The number of aromatic nitrogens is 4. The summed E-state index contributed by atoms with van der Waals surface area (Å²) in [6, 6.07) is 26.3. The first-order valence-electron chi connectivity index (χ1n) is 25.3. The molecule has 3 aromatic heterocycles. The summed E-state index contributed by atoms with van der Waals surface area (Å²) >= 11 is 2.41. The molecular weight excluding hydrogens is 969 g/mol. The average Bonchev–Trinajstić information content (AvgIpc) is 4.18. The molecule has 0 saturated heterocycles. The minimum atomic E-state index is 0. The number of nitrogens with zero attached hydrogens (tertiary/aromatic N) is 4. The number of rotatable bonds is 24. The molecule has 5 aromatic rings. The van der Waals surface area contributed by atoms with Crippen LogP contribution in [0.4, 0.5) is 0 Å². The topological polar surface area (TPSA) is 54.0 Å². The van der Waals surface area contributed by atoms with E-state index in [0.29, 0.717) is 11.8 Å². The van der Waals surface area contributed by atoms with Crippen LogP contribution in [0.2, 0.25) is 0 Å². The van der Waals surface area contributed by atoms with E-state index in [4.69, 9.17) is 26.4 Å². The van der Waals surface area contributed by atoms with Gasteiger partial charge in [0, 0.05) is 9.13 Å². The van der Waals surface area contributed by atoms with Crippen LogP contribution in [0.25, 0.3) is 68.6 Å². The molecule has 0 unspecified atom stereocenters. The van der Waals surface area contributed by atoms with Crippen LogP contribution in [0.5, 0.6) is 0 Å². The van der Waals surface area contributed by atoms with Gasteiger partial charge in [0.15, 0.2) is 0 Å². The SMILES string of the molecule is C#Cc1ccc(-c2c3nc(c(C(CCCCCC)CCCCCC)c4ccc([n-]4)c(-c4ccc(I)cc4)c4nc(c(C(CCCCCC)CCCCCC)c5ccc2[n-]5)C=C4)C=C3)cc1.[Zn+2]. The van der Waals surface area contributed by atoms with Gasteiger partial charge >= 0.3 is 19.5 Å². The summed E-state index contributed by atoms with van der Waals surface area (Å²) in [5.41, 5.74) is 15.6. The fourth-order valence-electron chi connectivity index (χ4n) is 10.0. The van der Waals surface area contributed by atoms with E-state index in [1.807, 2.05) is 12.1 Å². The summed E-state index contributed by atoms with van der Waals surface area (Å²) in [4.78, 5) is 22.6. The van der Waals surface area contributed by atoms with Crippen molar-refractivity contribution in [2.75, 3.05) is 0 Å². The summed E-state index contributed by atoms with van der Waals surface area (Å²) in [6.07, 6.45) is 39.2. The number of hydrogen-bond donors (Lipinski definition) is 0. The Hall–Kier alpha value is -4.05. The Balaban J connectivity index is 0.00000720. The molecule has 0 fully saturated rings. The van der Waals surface area contributed by atoms with Crippen molar-refractivity contribution in [2.24, 2.45) is 0 Å². The third-order valence-electron chi connectivity index (χ3n) is 13.6. The van der Waals surface area contributed by atoms with Gasteiger partial charge < -0.3 is 9.97 Å². The first-order chi connectivity index (χ1) is 32.0. The van der Waals surface area contributed by atoms with E-state index in [2.05, 4.69) is 141 Å². The maximum absolute atomic E-state index is 5.89. The predicted molar refractivity (Wildman–Crippen MR) is 289 cm³/mol. The molecule has 7 rings (SSSR count). The van der Waals surface area contributed by atoms with Crippen LogP contribution in [0.3, 0.4) is 0 Å². The van der Waals surface area contributed by atoms with E-state index >= 15 is 0 Å². The minimum Gasteiger partial charge on any atom is -0.657 e. The van der Waals surface area contributed by atoms with E-state index < -0.39 is 0 Å². The zero-order valence-corrected chi connectivity index (χ0v) is 45.6. The molecule has 2 aliphatic rings. The molecule has 0 N–H and O–H groups in total. The normalized spacial score (nSPS) is 12.0. The van der Waals surface area contributed by atoms with Gasteiger partial charge in [0.05, 0.1) is 22.8 Å². The summed E-state index contributed by atoms with van der Waals surface area (Å²) in [5, 5.41) is 0. The molecule has 2 aromatic carbocycles. The molecule has 2 aliphatic heterocycles. The number of benzene rings is 2. The molecule has 0 atom stereocenters. The smallest absolute Gasteiger partial charge is 0.657 e. The van der Waals surface area contributed by atoms with Crippen molar-refractivity contribution in [3.63, 3.8) is 0 Å². The van der Waals surface area contributed by atoms with E-state index in [9.17, 15) is 0 Å². The van der Waals surface area contributed by atoms with Crippen LogP contribution in [-0.4, -0.2) is 9.97 Å². The molecule has 0 saturated carbocycles. The monoisotopic (exact) mass is 1040 g/mol. The second-order valence-electron chi connectivity index (χ2n) is 18.5. The second kappa shape index (κ2) is 26.5. The van der Waals surface area contributed by atoms with Crippen LogP contribution in [0.15, 0.2) is 72.8 Å². The maximum Gasteiger partial charge on any atom is 2.00 e. The first-order valence-corrected chi connectivity index (χ1v) is 26.4. The third-order valence-corrected chi connectivity index (χ3v) is 14.3. The molecule has 340 valence electrons. The standard InChI is InChI=1S/C60H71IN4.Zn/c1-6-11-15-19-23-44(24-20-16-12-7-2)57-49-35-39-53(62-49)59(46-29-27-43(10-5)28-30-46)54-40-36-50(63-54)58(45(25-21-17-13-8-3)26-22-18-14-9-4)52-38-42-56(65-52)60(55-41-37-51(57)64-55)47-31-33-48(61)34-32-47;/h5,27-42,44-45H,6-9,11-26H2,1-4H3;/q-2;+2. The van der Waals surface area contributed by atoms with Gasteiger partial charge in [-0.25, -0.2) is 9.97 Å². The molecule has 66 heavy (non-hydrogen) atoms. The number of unbranched alkanes of at least 4 members (excludes halogenated alkanes) is 12. The molecule has 0 spiro atoms. The van der Waals surface area contributed by atoms with Gasteiger partial charge in [-0.2, -0.15) is 0 Å². The fraction of sp³-hybridized carbons (Fsp3) is 0.433. The number of fused-ring (bicyclic) bond motifs is 8. The predicted octanol–water partition coefficient (Wildman–Crippen LogP) is 17.9. The van der Waals surface area contributed by atoms with Crippen LogP contribution >= 0.6 is 22.6 Å². The Morgan fingerprint density at radius 2 is 0.803 bits per heavy atom. The molecule has 5 heterocycles. The van der Waals surface area contributed by atoms with Crippen molar-refractivity contribution in [1.82, 2.24) is 19.9 Å². The van der Waals surface area contributed by atoms with Crippen LogP contribution in [-0.2, 0) is 19.5 Å². The third kappa shape index (κ3) is 13.1. The van der Waals surface area contributed by atoms with Gasteiger partial charge in [-0.3, -0.25) is 0 Å². The van der Waals surface area contributed by atoms with Gasteiger partial charge in [0.25, 0.3) is 0 Å². The van der Waals surface area contributed by atoms with Gasteiger partial charge in [-0.15, -0.1) is 28.5 Å². The molecule has 6 heteroatoms. The number of terminal acetylenes is 1. The largest absolute Gasteiger partial charge is 2.00 e. The zero-order chi connectivity index (χ0) is 45.4. The fourth-order valence-corrected chi connectivity index (χ4v) is 10.4. The zero-order valence-electron chi connectivity index (χ0n) is 40.5. The summed E-state index contributed by atoms with van der Waals surface area (Å²) in [6.45, 7) is 9.20. The second-order valence-corrected chi connectivity index (χ2v) is 19.7. The molecule has 0 amide bonds. The molecule has 4 nitrogen and oxygen atoms in total. The van der Waals surface area contributed by atoms with Crippen molar-refractivity contribution in [3.05, 3.63) is 116 Å². The van der Waals surface area contributed by atoms with Crippen molar-refractivity contribution in [2.45, 2.75) is 168 Å². The van der Waals surface area contributed by atoms with Crippen LogP contribution < -0.4 is 9.97 Å². The van der Waals surface area contributed by atoms with Crippen LogP contribution in [0, 0.1) is 15.9 Å². The maximum atomic E-state index is 5.89. The Morgan fingerprint density at radius 3 is 1.17 bits per heavy atom. The number of hydrogen-bond acceptors (Lipinski definition) is 2. The minimum absolute atomic E-state index is 0. The molecule has 0 radical (unpaired) electrons. The first kappa shape index (κ1) is 51.3. The molecular formula is C60H71IN4Zn. The van der Waals surface area contributed by atoms with E-state index in [-0.39, 0.29) is 19.5 Å². The Labute approximate surface area is 423 Å². The van der Waals surface area contributed by atoms with Crippen LogP contribution in [0.1, 0.15) is 207 Å². The van der Waals surface area contributed by atoms with E-state index in [0.717, 1.165) is 98.3 Å². The van der Waals surface area contributed by atoms with Gasteiger partial charge in [-0.05, 0) is 142 Å². The van der Waals surface area contributed by atoms with Crippen molar-refractivity contribution < 1.29 is 19.5 Å². The quantitative estimate of drug-likeness (QED) is 0.0262. The summed E-state index contributed by atoms with van der Waals surface area (Å²) in [7, 11) is 0. The molecule has 0 aliphatic carbocycles. The number of halogens is 1. The Morgan fingerprint density at radius 1 is 0.455 bits per heavy atom. The van der Waals surface area contributed by atoms with Gasteiger partial charge in [0.1, 0.15) is 0 Å². The van der Waals surface area contributed by atoms with E-state index in [1.165, 1.54) is 117 Å². The van der Waals surface area contributed by atoms with Gasteiger partial charge in [0.2, 0.25) is 0 Å². The van der Waals surface area contributed by atoms with Gasteiger partial charge in [-0.1, -0.05) is 185 Å².